The van der Waals surface area contributed by atoms with Crippen molar-refractivity contribution in [2.45, 2.75) is 6.54 Å². The van der Waals surface area contributed by atoms with Crippen LogP contribution in [0, 0.1) is 0 Å². The second-order valence-corrected chi connectivity index (χ2v) is 4.76. The maximum Gasteiger partial charge on any atom is 0.0409 e. The highest BCUT2D eigenvalue weighted by molar-refractivity contribution is 7.99. The van der Waals surface area contributed by atoms with E-state index in [1.165, 1.54) is 5.56 Å². The molecule has 0 heterocycles. The molecule has 1 aromatic rings. The molecule has 82 valence electrons. The molecule has 1 nitrogen and oxygen atoms in total. The number of halogens is 1. The van der Waals surface area contributed by atoms with Gasteiger partial charge in [0.05, 0.1) is 0 Å². The fourth-order valence-corrected chi connectivity index (χ4v) is 2.03. The van der Waals surface area contributed by atoms with Crippen LogP contribution in [0.25, 0.3) is 0 Å². The van der Waals surface area contributed by atoms with E-state index in [-0.39, 0.29) is 0 Å². The molecule has 0 saturated carbocycles. The Hall–Kier alpha value is -0.440. The Morgan fingerprint density at radius 2 is 2.33 bits per heavy atom. The molecule has 0 unspecified atom stereocenters. The van der Waals surface area contributed by atoms with E-state index in [0.717, 1.165) is 29.6 Å². The Labute approximate surface area is 101 Å². The first kappa shape index (κ1) is 12.6. The van der Waals surface area contributed by atoms with E-state index in [1.54, 1.807) is 0 Å². The number of thioether (sulfide) groups is 1. The molecule has 0 saturated heterocycles. The zero-order valence-corrected chi connectivity index (χ0v) is 10.3. The smallest absolute Gasteiger partial charge is 0.0409 e. The summed E-state index contributed by atoms with van der Waals surface area (Å²) in [6, 6.07) is 7.94. The molecular weight excluding hydrogens is 226 g/mol. The van der Waals surface area contributed by atoms with Gasteiger partial charge in [-0.25, -0.2) is 0 Å². The first-order chi connectivity index (χ1) is 7.33. The third kappa shape index (κ3) is 5.88. The zero-order chi connectivity index (χ0) is 10.9. The molecule has 0 aromatic heterocycles. The van der Waals surface area contributed by atoms with Crippen LogP contribution in [0.15, 0.2) is 36.9 Å². The summed E-state index contributed by atoms with van der Waals surface area (Å²) in [4.78, 5) is 0. The fraction of sp³-hybridized carbons (Fsp3) is 0.333. The molecule has 15 heavy (non-hydrogen) atoms. The Morgan fingerprint density at radius 1 is 1.47 bits per heavy atom. The van der Waals surface area contributed by atoms with Gasteiger partial charge in [0.1, 0.15) is 0 Å². The van der Waals surface area contributed by atoms with Crippen molar-refractivity contribution in [1.29, 1.82) is 0 Å². The zero-order valence-electron chi connectivity index (χ0n) is 8.71. The fourth-order valence-electron chi connectivity index (χ4n) is 1.19. The van der Waals surface area contributed by atoms with Gasteiger partial charge < -0.3 is 5.32 Å². The average molecular weight is 242 g/mol. The van der Waals surface area contributed by atoms with Crippen LogP contribution in [0.4, 0.5) is 0 Å². The summed E-state index contributed by atoms with van der Waals surface area (Å²) >= 11 is 7.77. The van der Waals surface area contributed by atoms with Gasteiger partial charge in [-0.3, -0.25) is 0 Å². The first-order valence-corrected chi connectivity index (χ1v) is 6.50. The van der Waals surface area contributed by atoms with Crippen LogP contribution in [-0.2, 0) is 6.54 Å². The molecule has 0 aliphatic heterocycles. The van der Waals surface area contributed by atoms with E-state index in [1.807, 2.05) is 36.0 Å². The summed E-state index contributed by atoms with van der Waals surface area (Å²) < 4.78 is 0. The molecule has 0 bridgehead atoms. The van der Waals surface area contributed by atoms with Gasteiger partial charge in [0.15, 0.2) is 0 Å². The molecule has 0 aliphatic carbocycles. The lowest BCUT2D eigenvalue weighted by Crippen LogP contribution is -2.16. The molecule has 3 heteroatoms. The van der Waals surface area contributed by atoms with Crippen LogP contribution in [-0.4, -0.2) is 18.1 Å². The van der Waals surface area contributed by atoms with Crippen LogP contribution in [0.3, 0.4) is 0 Å². The second kappa shape index (κ2) is 7.80. The summed E-state index contributed by atoms with van der Waals surface area (Å²) in [7, 11) is 0. The van der Waals surface area contributed by atoms with Gasteiger partial charge in [-0.1, -0.05) is 29.8 Å². The van der Waals surface area contributed by atoms with E-state index in [0.29, 0.717) is 0 Å². The van der Waals surface area contributed by atoms with E-state index >= 15 is 0 Å². The quantitative estimate of drug-likeness (QED) is 0.581. The number of hydrogen-bond donors (Lipinski definition) is 1. The Morgan fingerprint density at radius 3 is 3.07 bits per heavy atom. The minimum atomic E-state index is 0.801. The predicted octanol–water partition coefficient (Wildman–Crippen LogP) is 3.35. The van der Waals surface area contributed by atoms with E-state index < -0.39 is 0 Å². The molecule has 1 aromatic carbocycles. The minimum absolute atomic E-state index is 0.801. The first-order valence-electron chi connectivity index (χ1n) is 4.96. The van der Waals surface area contributed by atoms with Gasteiger partial charge >= 0.3 is 0 Å². The Kier molecular flexibility index (Phi) is 6.57. The topological polar surface area (TPSA) is 12.0 Å². The van der Waals surface area contributed by atoms with Crippen molar-refractivity contribution >= 4 is 23.4 Å². The third-order valence-electron chi connectivity index (χ3n) is 1.88. The van der Waals surface area contributed by atoms with Gasteiger partial charge in [0.25, 0.3) is 0 Å². The van der Waals surface area contributed by atoms with Crippen molar-refractivity contribution in [1.82, 2.24) is 5.32 Å². The Balaban J connectivity index is 2.12. The molecule has 1 N–H and O–H groups in total. The highest BCUT2D eigenvalue weighted by Gasteiger charge is 1.93. The third-order valence-corrected chi connectivity index (χ3v) is 3.08. The summed E-state index contributed by atoms with van der Waals surface area (Å²) in [5, 5.41) is 4.18. The van der Waals surface area contributed by atoms with E-state index in [4.69, 9.17) is 11.6 Å². The summed E-state index contributed by atoms with van der Waals surface area (Å²) in [5.41, 5.74) is 1.23. The van der Waals surface area contributed by atoms with Crippen LogP contribution >= 0.6 is 23.4 Å². The van der Waals surface area contributed by atoms with Gasteiger partial charge in [-0.05, 0) is 17.7 Å². The molecule has 0 spiro atoms. The van der Waals surface area contributed by atoms with E-state index in [2.05, 4.69) is 18.0 Å². The molecule has 0 atom stereocenters. The van der Waals surface area contributed by atoms with Crippen molar-refractivity contribution in [3.05, 3.63) is 47.5 Å². The van der Waals surface area contributed by atoms with Crippen molar-refractivity contribution in [3.8, 4) is 0 Å². The minimum Gasteiger partial charge on any atom is -0.312 e. The van der Waals surface area contributed by atoms with Crippen LogP contribution in [0.5, 0.6) is 0 Å². The van der Waals surface area contributed by atoms with Crippen molar-refractivity contribution < 1.29 is 0 Å². The molecule has 1 rings (SSSR count). The normalized spacial score (nSPS) is 10.2. The number of rotatable bonds is 7. The van der Waals surface area contributed by atoms with Gasteiger partial charge in [-0.15, -0.1) is 6.58 Å². The monoisotopic (exact) mass is 241 g/mol. The largest absolute Gasteiger partial charge is 0.312 e. The average Bonchev–Trinajstić information content (AvgIpc) is 2.23. The second-order valence-electron chi connectivity index (χ2n) is 3.17. The van der Waals surface area contributed by atoms with Crippen molar-refractivity contribution in [3.63, 3.8) is 0 Å². The van der Waals surface area contributed by atoms with Crippen LogP contribution < -0.4 is 5.32 Å². The predicted molar refractivity (Wildman–Crippen MR) is 70.7 cm³/mol. The number of hydrogen-bond acceptors (Lipinski definition) is 2. The van der Waals surface area contributed by atoms with Crippen molar-refractivity contribution in [2.75, 3.05) is 18.1 Å². The number of nitrogens with one attached hydrogen (secondary N) is 1. The lowest BCUT2D eigenvalue weighted by atomic mass is 10.2. The lowest BCUT2D eigenvalue weighted by molar-refractivity contribution is 0.732. The summed E-state index contributed by atoms with van der Waals surface area (Å²) in [6.45, 7) is 5.58. The standard InChI is InChI=1S/C12H16ClNS/c1-2-7-15-8-6-14-10-11-4-3-5-12(13)9-11/h2-5,9,14H,1,6-8,10H2. The molecule has 0 radical (unpaired) electrons. The molecular formula is C12H16ClNS. The lowest BCUT2D eigenvalue weighted by Gasteiger charge is -2.04. The van der Waals surface area contributed by atoms with Crippen molar-refractivity contribution in [2.24, 2.45) is 0 Å². The summed E-state index contributed by atoms with van der Waals surface area (Å²) in [6.07, 6.45) is 1.93. The molecule has 0 aliphatic rings. The Bertz CT molecular complexity index is 301. The number of benzene rings is 1. The maximum absolute atomic E-state index is 5.88. The molecule has 0 amide bonds. The highest BCUT2D eigenvalue weighted by atomic mass is 35.5. The van der Waals surface area contributed by atoms with Gasteiger partial charge in [0.2, 0.25) is 0 Å². The van der Waals surface area contributed by atoms with Crippen LogP contribution in [0.1, 0.15) is 5.56 Å². The van der Waals surface area contributed by atoms with Crippen LogP contribution in [0.2, 0.25) is 5.02 Å². The van der Waals surface area contributed by atoms with Gasteiger partial charge in [0, 0.05) is 29.6 Å². The molecule has 0 fully saturated rings. The SMILES string of the molecule is C=CCSCCNCc1cccc(Cl)c1. The van der Waals surface area contributed by atoms with E-state index in [9.17, 15) is 0 Å². The maximum atomic E-state index is 5.88. The summed E-state index contributed by atoms with van der Waals surface area (Å²) in [5.74, 6) is 2.14. The van der Waals surface area contributed by atoms with Gasteiger partial charge in [-0.2, -0.15) is 11.8 Å². The highest BCUT2D eigenvalue weighted by Crippen LogP contribution is 2.10.